The van der Waals surface area contributed by atoms with Gasteiger partial charge in [-0.05, 0) is 18.9 Å². The quantitative estimate of drug-likeness (QED) is 0.687. The Balaban J connectivity index is 1.74. The van der Waals surface area contributed by atoms with E-state index in [1.165, 1.54) is 28.6 Å². The predicted molar refractivity (Wildman–Crippen MR) is 92.9 cm³/mol. The maximum Gasteiger partial charge on any atom is 0.264 e. The summed E-state index contributed by atoms with van der Waals surface area (Å²) >= 11 is 1.23. The highest BCUT2D eigenvalue weighted by Crippen LogP contribution is 2.29. The van der Waals surface area contributed by atoms with E-state index in [9.17, 15) is 14.4 Å². The number of H-pyrrole nitrogens is 1. The van der Waals surface area contributed by atoms with Crippen LogP contribution in [0.4, 0.5) is 0 Å². The zero-order chi connectivity index (χ0) is 17.7. The Bertz CT molecular complexity index is 1130. The van der Waals surface area contributed by atoms with Crippen LogP contribution in [-0.4, -0.2) is 36.9 Å². The van der Waals surface area contributed by atoms with Gasteiger partial charge in [0, 0.05) is 19.2 Å². The molecule has 8 nitrogen and oxygen atoms in total. The molecule has 0 fully saturated rings. The van der Waals surface area contributed by atoms with E-state index >= 15 is 0 Å². The predicted octanol–water partition coefficient (Wildman–Crippen LogP) is 0.585. The van der Waals surface area contributed by atoms with E-state index in [2.05, 4.69) is 15.0 Å². The van der Waals surface area contributed by atoms with Crippen LogP contribution in [-0.2, 0) is 20.0 Å². The van der Waals surface area contributed by atoms with E-state index in [4.69, 9.17) is 0 Å². The lowest BCUT2D eigenvalue weighted by molar-refractivity contribution is 0.0735. The molecule has 0 radical (unpaired) electrons. The molecule has 9 heteroatoms. The highest BCUT2D eigenvalue weighted by Gasteiger charge is 2.27. The lowest BCUT2D eigenvalue weighted by Crippen LogP contribution is -2.38. The van der Waals surface area contributed by atoms with Crippen LogP contribution in [0.2, 0.25) is 0 Å². The number of aryl methyl sites for hydroxylation is 2. The van der Waals surface area contributed by atoms with Gasteiger partial charge >= 0.3 is 0 Å². The molecule has 4 rings (SSSR count). The number of hydrogen-bond donors (Lipinski definition) is 1. The first-order valence-electron chi connectivity index (χ1n) is 7.77. The Hall–Kier alpha value is -2.81. The van der Waals surface area contributed by atoms with Gasteiger partial charge in [0.05, 0.1) is 35.2 Å². The Morgan fingerprint density at radius 3 is 2.92 bits per heavy atom. The molecule has 0 saturated heterocycles. The van der Waals surface area contributed by atoms with Crippen molar-refractivity contribution in [1.29, 1.82) is 0 Å². The first kappa shape index (κ1) is 15.7. The van der Waals surface area contributed by atoms with Crippen LogP contribution < -0.4 is 11.1 Å². The summed E-state index contributed by atoms with van der Waals surface area (Å²) in [5.41, 5.74) is 1.60. The van der Waals surface area contributed by atoms with Gasteiger partial charge in [-0.2, -0.15) is 0 Å². The van der Waals surface area contributed by atoms with Crippen LogP contribution in [0.15, 0.2) is 22.2 Å². The highest BCUT2D eigenvalue weighted by molar-refractivity contribution is 7.20. The van der Waals surface area contributed by atoms with Crippen LogP contribution in [0.5, 0.6) is 0 Å². The van der Waals surface area contributed by atoms with Crippen molar-refractivity contribution in [3.63, 3.8) is 0 Å². The van der Waals surface area contributed by atoms with Crippen LogP contribution >= 0.6 is 11.3 Å². The number of carbonyl (C=O) groups is 1. The van der Waals surface area contributed by atoms with Crippen molar-refractivity contribution in [1.82, 2.24) is 24.4 Å². The van der Waals surface area contributed by atoms with Gasteiger partial charge in [-0.1, -0.05) is 0 Å². The lowest BCUT2D eigenvalue weighted by Gasteiger charge is -2.27. The molecule has 1 aliphatic heterocycles. The minimum absolute atomic E-state index is 0.150. The number of rotatable bonds is 1. The minimum Gasteiger partial charge on any atom is -0.332 e. The van der Waals surface area contributed by atoms with Crippen molar-refractivity contribution in [3.8, 4) is 0 Å². The Morgan fingerprint density at radius 1 is 1.32 bits per heavy atom. The molecule has 0 aromatic carbocycles. The van der Waals surface area contributed by atoms with Crippen molar-refractivity contribution in [2.24, 2.45) is 7.05 Å². The molecule has 25 heavy (non-hydrogen) atoms. The zero-order valence-corrected chi connectivity index (χ0v) is 14.5. The topological polar surface area (TPSA) is 101 Å². The smallest absolute Gasteiger partial charge is 0.264 e. The lowest BCUT2D eigenvalue weighted by atomic mass is 10.1. The molecule has 0 spiro atoms. The zero-order valence-electron chi connectivity index (χ0n) is 13.7. The molecule has 1 amide bonds. The summed E-state index contributed by atoms with van der Waals surface area (Å²) in [6, 6.07) is 0. The summed E-state index contributed by atoms with van der Waals surface area (Å²) < 4.78 is 1.41. The second-order valence-electron chi connectivity index (χ2n) is 6.03. The standard InChI is InChI=1S/C16H15N5O3S/c1-8-11-14(19-7-20(2)15(11)23)25-12(8)16(24)21-4-3-9-10(5-21)17-6-18-13(9)22/h6-7H,3-5H2,1-2H3,(H,17,18,22). The molecule has 4 heterocycles. The summed E-state index contributed by atoms with van der Waals surface area (Å²) in [5.74, 6) is -0.157. The number of amides is 1. The molecule has 0 saturated carbocycles. The Labute approximate surface area is 145 Å². The van der Waals surface area contributed by atoms with Gasteiger partial charge in [0.1, 0.15) is 4.83 Å². The third-order valence-corrected chi connectivity index (χ3v) is 5.69. The molecule has 0 aliphatic carbocycles. The first-order valence-corrected chi connectivity index (χ1v) is 8.58. The third kappa shape index (κ3) is 2.39. The van der Waals surface area contributed by atoms with E-state index in [1.54, 1.807) is 18.9 Å². The molecular weight excluding hydrogens is 342 g/mol. The Kier molecular flexibility index (Phi) is 3.53. The molecule has 1 aliphatic rings. The van der Waals surface area contributed by atoms with E-state index in [1.807, 2.05) is 0 Å². The number of fused-ring (bicyclic) bond motifs is 2. The third-order valence-electron chi connectivity index (χ3n) is 4.50. The van der Waals surface area contributed by atoms with Crippen LogP contribution in [0, 0.1) is 6.92 Å². The normalized spacial score (nSPS) is 13.9. The molecule has 0 bridgehead atoms. The maximum absolute atomic E-state index is 13.0. The molecule has 3 aromatic heterocycles. The number of hydrogen-bond acceptors (Lipinski definition) is 6. The maximum atomic E-state index is 13.0. The average Bonchev–Trinajstić information content (AvgIpc) is 2.95. The highest BCUT2D eigenvalue weighted by atomic mass is 32.1. The van der Waals surface area contributed by atoms with E-state index in [-0.39, 0.29) is 23.6 Å². The van der Waals surface area contributed by atoms with Gasteiger partial charge in [0.2, 0.25) is 0 Å². The number of thiophene rings is 1. The fourth-order valence-corrected chi connectivity index (χ4v) is 4.20. The van der Waals surface area contributed by atoms with Crippen molar-refractivity contribution in [2.75, 3.05) is 6.54 Å². The fraction of sp³-hybridized carbons (Fsp3) is 0.312. The number of carbonyl (C=O) groups excluding carboxylic acids is 1. The SMILES string of the molecule is Cc1c(C(=O)N2CCc3c(nc[nH]c3=O)C2)sc2ncn(C)c(=O)c12. The molecule has 1 N–H and O–H groups in total. The monoisotopic (exact) mass is 357 g/mol. The van der Waals surface area contributed by atoms with Gasteiger partial charge in [0.15, 0.2) is 0 Å². The molecule has 0 unspecified atom stereocenters. The number of aromatic amines is 1. The minimum atomic E-state index is -0.157. The average molecular weight is 357 g/mol. The molecule has 128 valence electrons. The van der Waals surface area contributed by atoms with Gasteiger partial charge in [-0.15, -0.1) is 11.3 Å². The van der Waals surface area contributed by atoms with Crippen LogP contribution in [0.1, 0.15) is 26.5 Å². The van der Waals surface area contributed by atoms with Crippen molar-refractivity contribution < 1.29 is 4.79 Å². The number of nitrogens with zero attached hydrogens (tertiary/aromatic N) is 4. The fourth-order valence-electron chi connectivity index (χ4n) is 3.10. The summed E-state index contributed by atoms with van der Waals surface area (Å²) in [5, 5.41) is 0.491. The van der Waals surface area contributed by atoms with Crippen molar-refractivity contribution >= 4 is 27.5 Å². The summed E-state index contributed by atoms with van der Waals surface area (Å²) in [6.45, 7) is 2.51. The van der Waals surface area contributed by atoms with Gasteiger partial charge in [-0.3, -0.25) is 14.4 Å². The van der Waals surface area contributed by atoms with Crippen LogP contribution in [0.3, 0.4) is 0 Å². The van der Waals surface area contributed by atoms with Gasteiger partial charge in [0.25, 0.3) is 17.0 Å². The number of aromatic nitrogens is 4. The second kappa shape index (κ2) is 5.62. The van der Waals surface area contributed by atoms with Crippen LogP contribution in [0.25, 0.3) is 10.2 Å². The van der Waals surface area contributed by atoms with Gasteiger partial charge in [-0.25, -0.2) is 9.97 Å². The number of nitrogens with one attached hydrogen (secondary N) is 1. The molecule has 3 aromatic rings. The van der Waals surface area contributed by atoms with E-state index in [0.717, 1.165) is 0 Å². The van der Waals surface area contributed by atoms with Crippen molar-refractivity contribution in [3.05, 3.63) is 55.1 Å². The first-order chi connectivity index (χ1) is 12.0. The van der Waals surface area contributed by atoms with E-state index in [0.29, 0.717) is 44.9 Å². The summed E-state index contributed by atoms with van der Waals surface area (Å²) in [4.78, 5) is 50.8. The molecular formula is C16H15N5O3S. The summed E-state index contributed by atoms with van der Waals surface area (Å²) in [7, 11) is 1.64. The Morgan fingerprint density at radius 2 is 2.12 bits per heavy atom. The van der Waals surface area contributed by atoms with Crippen molar-refractivity contribution in [2.45, 2.75) is 19.9 Å². The van der Waals surface area contributed by atoms with Gasteiger partial charge < -0.3 is 14.5 Å². The molecule has 0 atom stereocenters. The summed E-state index contributed by atoms with van der Waals surface area (Å²) in [6.07, 6.45) is 3.28. The second-order valence-corrected chi connectivity index (χ2v) is 7.03. The van der Waals surface area contributed by atoms with E-state index < -0.39 is 0 Å². The largest absolute Gasteiger partial charge is 0.332 e.